The molecule has 1 aliphatic carbocycles. The molecule has 0 saturated heterocycles. The van der Waals surface area contributed by atoms with E-state index in [4.69, 9.17) is 10.00 Å². The van der Waals surface area contributed by atoms with Crippen molar-refractivity contribution >= 4 is 5.97 Å². The van der Waals surface area contributed by atoms with Gasteiger partial charge in [0.15, 0.2) is 6.61 Å². The third-order valence-electron chi connectivity index (χ3n) is 2.63. The number of carbonyl (C=O) groups is 1. The maximum atomic E-state index is 11.3. The molecule has 0 aromatic carbocycles. The molecule has 0 atom stereocenters. The second kappa shape index (κ2) is 4.86. The van der Waals surface area contributed by atoms with E-state index in [-0.39, 0.29) is 18.5 Å². The fourth-order valence-electron chi connectivity index (χ4n) is 1.72. The Labute approximate surface area is 78.7 Å². The van der Waals surface area contributed by atoms with Crippen molar-refractivity contribution in [2.75, 3.05) is 6.61 Å². The minimum absolute atomic E-state index is 0.0459. The number of esters is 1. The van der Waals surface area contributed by atoms with E-state index in [1.165, 1.54) is 0 Å². The number of ether oxygens (including phenoxy) is 1. The van der Waals surface area contributed by atoms with Crippen LogP contribution in [0.3, 0.4) is 0 Å². The second-order valence-corrected chi connectivity index (χ2v) is 3.72. The van der Waals surface area contributed by atoms with E-state index in [1.807, 2.05) is 0 Å². The Hall–Kier alpha value is -1.04. The van der Waals surface area contributed by atoms with Crippen LogP contribution < -0.4 is 0 Å². The lowest BCUT2D eigenvalue weighted by molar-refractivity contribution is -0.148. The van der Waals surface area contributed by atoms with Gasteiger partial charge in [-0.3, -0.25) is 4.79 Å². The fourth-order valence-corrected chi connectivity index (χ4v) is 1.72. The van der Waals surface area contributed by atoms with E-state index in [2.05, 4.69) is 6.92 Å². The molecule has 0 spiro atoms. The van der Waals surface area contributed by atoms with E-state index in [9.17, 15) is 4.79 Å². The highest BCUT2D eigenvalue weighted by molar-refractivity contribution is 5.72. The van der Waals surface area contributed by atoms with E-state index < -0.39 is 0 Å². The summed E-state index contributed by atoms with van der Waals surface area (Å²) in [5.41, 5.74) is 0. The largest absolute Gasteiger partial charge is 0.450 e. The van der Waals surface area contributed by atoms with Crippen LogP contribution in [-0.2, 0) is 9.53 Å². The summed E-state index contributed by atoms with van der Waals surface area (Å²) >= 11 is 0. The highest BCUT2D eigenvalue weighted by Crippen LogP contribution is 2.28. The zero-order valence-corrected chi connectivity index (χ0v) is 7.95. The first-order valence-corrected chi connectivity index (χ1v) is 4.77. The summed E-state index contributed by atoms with van der Waals surface area (Å²) in [5.74, 6) is 0.595. The summed E-state index contributed by atoms with van der Waals surface area (Å²) in [6.07, 6.45) is 4.05. The lowest BCUT2D eigenvalue weighted by Crippen LogP contribution is -2.22. The molecule has 0 aromatic rings. The van der Waals surface area contributed by atoms with Crippen molar-refractivity contribution in [2.45, 2.75) is 32.6 Å². The van der Waals surface area contributed by atoms with Gasteiger partial charge in [-0.25, -0.2) is 0 Å². The highest BCUT2D eigenvalue weighted by Gasteiger charge is 2.25. The first-order chi connectivity index (χ1) is 6.24. The third-order valence-corrected chi connectivity index (χ3v) is 2.63. The SMILES string of the molecule is CC1CCC(C(=O)OCC#N)CC1. The van der Waals surface area contributed by atoms with Crippen LogP contribution in [-0.4, -0.2) is 12.6 Å². The van der Waals surface area contributed by atoms with Gasteiger partial charge in [-0.1, -0.05) is 6.92 Å². The quantitative estimate of drug-likeness (QED) is 0.611. The number of nitrogens with zero attached hydrogens (tertiary/aromatic N) is 1. The molecule has 1 saturated carbocycles. The summed E-state index contributed by atoms with van der Waals surface area (Å²) in [5, 5.41) is 8.23. The first-order valence-electron chi connectivity index (χ1n) is 4.77. The van der Waals surface area contributed by atoms with Gasteiger partial charge in [-0.15, -0.1) is 0 Å². The Morgan fingerprint density at radius 2 is 2.08 bits per heavy atom. The van der Waals surface area contributed by atoms with E-state index in [0.29, 0.717) is 0 Å². The van der Waals surface area contributed by atoms with Crippen molar-refractivity contribution in [1.29, 1.82) is 5.26 Å². The standard InChI is InChI=1S/C10H15NO2/c1-8-2-4-9(5-3-8)10(12)13-7-6-11/h8-9H,2-5,7H2,1H3. The van der Waals surface area contributed by atoms with Gasteiger partial charge in [0, 0.05) is 0 Å². The monoisotopic (exact) mass is 181 g/mol. The number of hydrogen-bond acceptors (Lipinski definition) is 3. The molecular weight excluding hydrogens is 166 g/mol. The zero-order chi connectivity index (χ0) is 9.68. The van der Waals surface area contributed by atoms with Crippen LogP contribution in [0.25, 0.3) is 0 Å². The molecule has 0 aliphatic heterocycles. The first kappa shape index (κ1) is 10.0. The summed E-state index contributed by atoms with van der Waals surface area (Å²) in [7, 11) is 0. The maximum Gasteiger partial charge on any atom is 0.309 e. The van der Waals surface area contributed by atoms with Crippen molar-refractivity contribution in [2.24, 2.45) is 11.8 Å². The van der Waals surface area contributed by atoms with Crippen LogP contribution in [0.4, 0.5) is 0 Å². The topological polar surface area (TPSA) is 50.1 Å². The average molecular weight is 181 g/mol. The smallest absolute Gasteiger partial charge is 0.309 e. The summed E-state index contributed by atoms with van der Waals surface area (Å²) in [6.45, 7) is 2.10. The van der Waals surface area contributed by atoms with E-state index in [0.717, 1.165) is 31.6 Å². The molecule has 0 N–H and O–H groups in total. The van der Waals surface area contributed by atoms with Gasteiger partial charge in [0.2, 0.25) is 0 Å². The molecule has 1 aliphatic rings. The molecule has 0 amide bonds. The van der Waals surface area contributed by atoms with Gasteiger partial charge in [0.05, 0.1) is 5.92 Å². The van der Waals surface area contributed by atoms with Crippen LogP contribution in [0.5, 0.6) is 0 Å². The number of hydrogen-bond donors (Lipinski definition) is 0. The molecule has 1 rings (SSSR count). The minimum atomic E-state index is -0.187. The zero-order valence-electron chi connectivity index (χ0n) is 7.95. The highest BCUT2D eigenvalue weighted by atomic mass is 16.5. The average Bonchev–Trinajstić information content (AvgIpc) is 2.15. The van der Waals surface area contributed by atoms with Crippen molar-refractivity contribution in [3.05, 3.63) is 0 Å². The molecule has 0 unspecified atom stereocenters. The number of carbonyl (C=O) groups excluding carboxylic acids is 1. The van der Waals surface area contributed by atoms with Crippen LogP contribution in [0.2, 0.25) is 0 Å². The van der Waals surface area contributed by atoms with E-state index in [1.54, 1.807) is 6.07 Å². The molecule has 0 radical (unpaired) electrons. The third kappa shape index (κ3) is 3.06. The van der Waals surface area contributed by atoms with Crippen molar-refractivity contribution < 1.29 is 9.53 Å². The normalized spacial score (nSPS) is 27.7. The molecular formula is C10H15NO2. The molecule has 0 aromatic heterocycles. The van der Waals surface area contributed by atoms with Gasteiger partial charge in [-0.2, -0.15) is 5.26 Å². The lowest BCUT2D eigenvalue weighted by Gasteiger charge is -2.23. The van der Waals surface area contributed by atoms with Gasteiger partial charge >= 0.3 is 5.97 Å². The predicted molar refractivity (Wildman–Crippen MR) is 47.7 cm³/mol. The van der Waals surface area contributed by atoms with Crippen molar-refractivity contribution in [3.63, 3.8) is 0 Å². The molecule has 0 bridgehead atoms. The van der Waals surface area contributed by atoms with Crippen molar-refractivity contribution in [1.82, 2.24) is 0 Å². The Bertz CT molecular complexity index is 211. The van der Waals surface area contributed by atoms with Crippen molar-refractivity contribution in [3.8, 4) is 6.07 Å². The van der Waals surface area contributed by atoms with Gasteiger partial charge in [0.1, 0.15) is 6.07 Å². The summed E-state index contributed by atoms with van der Waals surface area (Å²) in [4.78, 5) is 11.3. The Kier molecular flexibility index (Phi) is 3.75. The van der Waals surface area contributed by atoms with E-state index >= 15 is 0 Å². The Balaban J connectivity index is 2.28. The van der Waals surface area contributed by atoms with Crippen LogP contribution >= 0.6 is 0 Å². The molecule has 1 fully saturated rings. The molecule has 13 heavy (non-hydrogen) atoms. The summed E-state index contributed by atoms with van der Waals surface area (Å²) in [6, 6.07) is 1.80. The maximum absolute atomic E-state index is 11.3. The van der Waals surface area contributed by atoms with Gasteiger partial charge in [0.25, 0.3) is 0 Å². The van der Waals surface area contributed by atoms with Gasteiger partial charge in [-0.05, 0) is 31.6 Å². The lowest BCUT2D eigenvalue weighted by atomic mass is 9.83. The van der Waals surface area contributed by atoms with Crippen LogP contribution in [0, 0.1) is 23.2 Å². The summed E-state index contributed by atoms with van der Waals surface area (Å²) < 4.78 is 4.77. The second-order valence-electron chi connectivity index (χ2n) is 3.72. The fraction of sp³-hybridized carbons (Fsp3) is 0.800. The van der Waals surface area contributed by atoms with Crippen LogP contribution in [0.15, 0.2) is 0 Å². The molecule has 3 heteroatoms. The number of rotatable bonds is 2. The minimum Gasteiger partial charge on any atom is -0.450 e. The van der Waals surface area contributed by atoms with Gasteiger partial charge < -0.3 is 4.74 Å². The Morgan fingerprint density at radius 1 is 1.46 bits per heavy atom. The van der Waals surface area contributed by atoms with Crippen LogP contribution in [0.1, 0.15) is 32.6 Å². The molecule has 72 valence electrons. The number of nitriles is 1. The Morgan fingerprint density at radius 3 is 2.62 bits per heavy atom. The predicted octanol–water partition coefficient (Wildman–Crippen LogP) is 1.88. The molecule has 3 nitrogen and oxygen atoms in total. The molecule has 0 heterocycles.